The molecule has 0 amide bonds. The van der Waals surface area contributed by atoms with Crippen LogP contribution < -0.4 is 10.1 Å². The van der Waals surface area contributed by atoms with Crippen LogP contribution in [0, 0.1) is 12.8 Å². The molecule has 4 nitrogen and oxygen atoms in total. The Morgan fingerprint density at radius 1 is 1.06 bits per heavy atom. The highest BCUT2D eigenvalue weighted by Gasteiger charge is 2.38. The Kier molecular flexibility index (Phi) is 4.99. The van der Waals surface area contributed by atoms with Crippen molar-refractivity contribution in [3.8, 4) is 5.75 Å². The van der Waals surface area contributed by atoms with Crippen LogP contribution in [0.25, 0.3) is 0 Å². The van der Waals surface area contributed by atoms with Gasteiger partial charge in [0.15, 0.2) is 0 Å². The topological polar surface area (TPSA) is 58.6 Å². The third kappa shape index (κ3) is 3.59. The number of fused-ring (bicyclic) bond motifs is 3. The predicted octanol–water partition coefficient (Wildman–Crippen LogP) is 6.10. The lowest BCUT2D eigenvalue weighted by molar-refractivity contribution is 0.0696. The highest BCUT2D eigenvalue weighted by atomic mass is 16.5. The summed E-state index contributed by atoms with van der Waals surface area (Å²) in [7, 11) is 0. The molecular weight excluding hydrogens is 386 g/mol. The molecule has 0 unspecified atom stereocenters. The van der Waals surface area contributed by atoms with Gasteiger partial charge in [-0.3, -0.25) is 0 Å². The first-order valence-electron chi connectivity index (χ1n) is 10.7. The second-order valence-electron chi connectivity index (χ2n) is 8.33. The van der Waals surface area contributed by atoms with Crippen molar-refractivity contribution in [1.82, 2.24) is 0 Å². The van der Waals surface area contributed by atoms with E-state index in [1.165, 1.54) is 11.1 Å². The number of carbonyl (C=O) groups is 1. The van der Waals surface area contributed by atoms with Crippen molar-refractivity contribution >= 4 is 11.7 Å². The molecule has 3 atom stereocenters. The zero-order valence-corrected chi connectivity index (χ0v) is 17.4. The van der Waals surface area contributed by atoms with Gasteiger partial charge < -0.3 is 15.2 Å². The van der Waals surface area contributed by atoms with Crippen LogP contribution >= 0.6 is 0 Å². The fraction of sp³-hybridized carbons (Fsp3) is 0.222. The minimum atomic E-state index is -0.886. The van der Waals surface area contributed by atoms with Crippen LogP contribution in [0.2, 0.25) is 0 Å². The van der Waals surface area contributed by atoms with Gasteiger partial charge in [-0.05, 0) is 59.7 Å². The monoisotopic (exact) mass is 411 g/mol. The number of rotatable bonds is 5. The van der Waals surface area contributed by atoms with Crippen LogP contribution in [0.15, 0.2) is 78.9 Å². The van der Waals surface area contributed by atoms with E-state index in [1.807, 2.05) is 43.3 Å². The second kappa shape index (κ2) is 7.95. The summed E-state index contributed by atoms with van der Waals surface area (Å²) in [6.45, 7) is 2.44. The Morgan fingerprint density at radius 2 is 1.84 bits per heavy atom. The zero-order chi connectivity index (χ0) is 21.4. The van der Waals surface area contributed by atoms with Gasteiger partial charge in [0.05, 0.1) is 11.6 Å². The molecule has 2 aliphatic rings. The van der Waals surface area contributed by atoms with Gasteiger partial charge in [-0.2, -0.15) is 0 Å². The van der Waals surface area contributed by atoms with E-state index in [4.69, 9.17) is 4.74 Å². The van der Waals surface area contributed by atoms with Crippen molar-refractivity contribution in [3.63, 3.8) is 0 Å². The normalized spacial score (nSPS) is 21.1. The number of nitrogens with one attached hydrogen (secondary N) is 1. The average Bonchev–Trinajstić information content (AvgIpc) is 3.29. The molecule has 0 saturated carbocycles. The summed E-state index contributed by atoms with van der Waals surface area (Å²) >= 11 is 0. The first-order chi connectivity index (χ1) is 15.1. The van der Waals surface area contributed by atoms with Crippen LogP contribution in [0.5, 0.6) is 5.75 Å². The summed E-state index contributed by atoms with van der Waals surface area (Å²) in [5.74, 6) is 0.673. The van der Waals surface area contributed by atoms with Crippen LogP contribution in [0.1, 0.15) is 51.0 Å². The SMILES string of the molecule is Cc1c(C(=O)O)ccc2c1N[C@@H](c1ccc(OCc3ccccc3)cc1)[C@H]1CC=C[C@@H]21. The molecule has 156 valence electrons. The summed E-state index contributed by atoms with van der Waals surface area (Å²) in [5.41, 5.74) is 5.65. The summed E-state index contributed by atoms with van der Waals surface area (Å²) in [6, 6.07) is 22.2. The minimum absolute atomic E-state index is 0.124. The lowest BCUT2D eigenvalue weighted by Gasteiger charge is -2.38. The number of hydrogen-bond donors (Lipinski definition) is 2. The first kappa shape index (κ1) is 19.4. The van der Waals surface area contributed by atoms with E-state index in [0.717, 1.165) is 29.0 Å². The maximum Gasteiger partial charge on any atom is 0.336 e. The van der Waals surface area contributed by atoms with E-state index in [0.29, 0.717) is 24.0 Å². The minimum Gasteiger partial charge on any atom is -0.489 e. The van der Waals surface area contributed by atoms with Crippen molar-refractivity contribution in [3.05, 3.63) is 107 Å². The molecule has 1 heterocycles. The quantitative estimate of drug-likeness (QED) is 0.498. The standard InChI is InChI=1S/C27H25NO3/c1-17-21(27(29)30)14-15-24-22-8-5-9-23(22)26(28-25(17)24)19-10-12-20(13-11-19)31-16-18-6-3-2-4-7-18/h2-8,10-15,22-23,26,28H,9,16H2,1H3,(H,29,30)/t22-,23+,26+/m1/s1. The summed E-state index contributed by atoms with van der Waals surface area (Å²) in [6.07, 6.45) is 5.53. The number of carboxylic acids is 1. The molecule has 0 bridgehead atoms. The molecular formula is C27H25NO3. The molecule has 3 aromatic rings. The van der Waals surface area contributed by atoms with Crippen LogP contribution in [0.4, 0.5) is 5.69 Å². The lowest BCUT2D eigenvalue weighted by Crippen LogP contribution is -2.30. The molecule has 0 aromatic heterocycles. The van der Waals surface area contributed by atoms with Gasteiger partial charge in [0.25, 0.3) is 0 Å². The van der Waals surface area contributed by atoms with Gasteiger partial charge in [0.2, 0.25) is 0 Å². The fourth-order valence-electron chi connectivity index (χ4n) is 4.89. The lowest BCUT2D eigenvalue weighted by atomic mass is 9.76. The molecule has 0 saturated heterocycles. The molecule has 1 aliphatic heterocycles. The summed E-state index contributed by atoms with van der Waals surface area (Å²) in [5, 5.41) is 13.2. The molecule has 0 spiro atoms. The van der Waals surface area contributed by atoms with Crippen molar-refractivity contribution in [2.45, 2.75) is 31.9 Å². The Labute approximate surface area is 182 Å². The number of benzene rings is 3. The van der Waals surface area contributed by atoms with Crippen molar-refractivity contribution in [1.29, 1.82) is 0 Å². The van der Waals surface area contributed by atoms with E-state index in [-0.39, 0.29) is 6.04 Å². The van der Waals surface area contributed by atoms with Crippen molar-refractivity contribution in [2.24, 2.45) is 5.92 Å². The third-order valence-corrected chi connectivity index (χ3v) is 6.52. The molecule has 5 rings (SSSR count). The van der Waals surface area contributed by atoms with E-state index < -0.39 is 5.97 Å². The van der Waals surface area contributed by atoms with Crippen molar-refractivity contribution in [2.75, 3.05) is 5.32 Å². The van der Waals surface area contributed by atoms with E-state index >= 15 is 0 Å². The van der Waals surface area contributed by atoms with E-state index in [9.17, 15) is 9.90 Å². The molecule has 0 fully saturated rings. The molecule has 0 radical (unpaired) electrons. The molecule has 2 N–H and O–H groups in total. The molecule has 1 aliphatic carbocycles. The van der Waals surface area contributed by atoms with Gasteiger partial charge in [-0.15, -0.1) is 0 Å². The largest absolute Gasteiger partial charge is 0.489 e. The fourth-order valence-corrected chi connectivity index (χ4v) is 4.89. The Balaban J connectivity index is 1.40. The number of aromatic carboxylic acids is 1. The van der Waals surface area contributed by atoms with Gasteiger partial charge in [0, 0.05) is 11.6 Å². The molecule has 4 heteroatoms. The Bertz CT molecular complexity index is 1140. The maximum atomic E-state index is 11.6. The highest BCUT2D eigenvalue weighted by Crippen LogP contribution is 2.51. The highest BCUT2D eigenvalue weighted by molar-refractivity contribution is 5.92. The Morgan fingerprint density at radius 3 is 2.58 bits per heavy atom. The Hall–Kier alpha value is -3.53. The maximum absolute atomic E-state index is 11.6. The number of hydrogen-bond acceptors (Lipinski definition) is 3. The first-order valence-corrected chi connectivity index (χ1v) is 10.7. The number of anilines is 1. The predicted molar refractivity (Wildman–Crippen MR) is 122 cm³/mol. The van der Waals surface area contributed by atoms with Gasteiger partial charge in [-0.25, -0.2) is 4.79 Å². The smallest absolute Gasteiger partial charge is 0.336 e. The number of carboxylic acid groups (broad SMARTS) is 1. The second-order valence-corrected chi connectivity index (χ2v) is 8.33. The third-order valence-electron chi connectivity index (χ3n) is 6.52. The van der Waals surface area contributed by atoms with Crippen LogP contribution in [-0.4, -0.2) is 11.1 Å². The zero-order valence-electron chi connectivity index (χ0n) is 17.4. The van der Waals surface area contributed by atoms with Gasteiger partial charge >= 0.3 is 5.97 Å². The van der Waals surface area contributed by atoms with Gasteiger partial charge in [-0.1, -0.05) is 60.7 Å². The summed E-state index contributed by atoms with van der Waals surface area (Å²) in [4.78, 5) is 11.6. The van der Waals surface area contributed by atoms with Crippen LogP contribution in [-0.2, 0) is 6.61 Å². The van der Waals surface area contributed by atoms with Crippen molar-refractivity contribution < 1.29 is 14.6 Å². The molecule has 31 heavy (non-hydrogen) atoms. The average molecular weight is 412 g/mol. The van der Waals surface area contributed by atoms with Crippen LogP contribution in [0.3, 0.4) is 0 Å². The number of allylic oxidation sites excluding steroid dienone is 2. The molecule has 3 aromatic carbocycles. The van der Waals surface area contributed by atoms with E-state index in [2.05, 4.69) is 41.7 Å². The number of ether oxygens (including phenoxy) is 1. The van der Waals surface area contributed by atoms with Gasteiger partial charge in [0.1, 0.15) is 12.4 Å². The van der Waals surface area contributed by atoms with E-state index in [1.54, 1.807) is 6.07 Å². The summed E-state index contributed by atoms with van der Waals surface area (Å²) < 4.78 is 5.94.